The molecule has 2 heteroatoms. The second-order valence-corrected chi connectivity index (χ2v) is 1.50. The van der Waals surface area contributed by atoms with Crippen LogP contribution in [0.2, 0.25) is 0 Å². The molecule has 0 N–H and O–H groups in total. The Labute approximate surface area is 48.1 Å². The summed E-state index contributed by atoms with van der Waals surface area (Å²) in [5.74, 6) is 0. The van der Waals surface area contributed by atoms with Crippen LogP contribution in [0.5, 0.6) is 0 Å². The summed E-state index contributed by atoms with van der Waals surface area (Å²) in [5, 5.41) is 3.75. The third-order valence-corrected chi connectivity index (χ3v) is 0.938. The van der Waals surface area contributed by atoms with E-state index in [1.54, 1.807) is 6.20 Å². The normalized spacial score (nSPS) is 8.50. The van der Waals surface area contributed by atoms with E-state index < -0.39 is 0 Å². The smallest absolute Gasteiger partial charge is 0.0505 e. The molecule has 1 heterocycles. The van der Waals surface area contributed by atoms with Crippen molar-refractivity contribution in [3.05, 3.63) is 24.4 Å². The zero-order valence-corrected chi connectivity index (χ0v) is 4.55. The molecule has 8 heavy (non-hydrogen) atoms. The molecule has 1 radical (unpaired) electrons. The highest BCUT2D eigenvalue weighted by molar-refractivity contribution is 5.02. The molecule has 0 amide bonds. The van der Waals surface area contributed by atoms with E-state index in [1.165, 1.54) is 4.68 Å². The molecule has 2 nitrogen and oxygen atoms in total. The molecule has 0 aliphatic heterocycles. The Hall–Kier alpha value is -1.23. The highest BCUT2D eigenvalue weighted by Gasteiger charge is 1.87. The number of aryl methyl sites for hydroxylation is 1. The van der Waals surface area contributed by atoms with Crippen LogP contribution in [-0.2, 0) is 0 Å². The molecule has 1 aromatic rings. The van der Waals surface area contributed by atoms with Gasteiger partial charge in [0.15, 0.2) is 0 Å². The molecule has 0 aliphatic carbocycles. The molecule has 0 atom stereocenters. The third-order valence-electron chi connectivity index (χ3n) is 0.938. The van der Waals surface area contributed by atoms with Crippen LogP contribution in [0, 0.1) is 19.4 Å². The number of hydrogen-bond donors (Lipinski definition) is 0. The standard InChI is InChI=1S/C6H5N2/c1-3-8-6(2)4-5-7-8/h4-5H,2H3. The first kappa shape index (κ1) is 4.92. The summed E-state index contributed by atoms with van der Waals surface area (Å²) in [4.78, 5) is 0. The van der Waals surface area contributed by atoms with E-state index in [4.69, 9.17) is 6.42 Å². The Morgan fingerprint density at radius 1 is 1.88 bits per heavy atom. The summed E-state index contributed by atoms with van der Waals surface area (Å²) < 4.78 is 1.38. The summed E-state index contributed by atoms with van der Waals surface area (Å²) in [6.45, 7) is 1.87. The van der Waals surface area contributed by atoms with Crippen molar-refractivity contribution in [3.63, 3.8) is 0 Å². The van der Waals surface area contributed by atoms with Crippen LogP contribution in [-0.4, -0.2) is 9.78 Å². The number of aromatic nitrogens is 2. The maximum Gasteiger partial charge on any atom is 0.0505 e. The van der Waals surface area contributed by atoms with E-state index in [9.17, 15) is 0 Å². The van der Waals surface area contributed by atoms with E-state index in [0.29, 0.717) is 0 Å². The molecule has 0 fully saturated rings. The molecule has 0 saturated carbocycles. The van der Waals surface area contributed by atoms with Gasteiger partial charge in [-0.15, -0.1) is 0 Å². The Morgan fingerprint density at radius 2 is 2.62 bits per heavy atom. The minimum atomic E-state index is 0.931. The molecule has 0 saturated heterocycles. The Bertz CT molecular complexity index is 217. The van der Waals surface area contributed by atoms with E-state index in [2.05, 4.69) is 11.1 Å². The number of rotatable bonds is 0. The average molecular weight is 105 g/mol. The van der Waals surface area contributed by atoms with Crippen LogP contribution >= 0.6 is 0 Å². The zero-order chi connectivity index (χ0) is 5.98. The van der Waals surface area contributed by atoms with Gasteiger partial charge in [0.05, 0.1) is 11.9 Å². The molecule has 39 valence electrons. The van der Waals surface area contributed by atoms with Crippen LogP contribution in [0.15, 0.2) is 12.3 Å². The van der Waals surface area contributed by atoms with E-state index in [1.807, 2.05) is 13.0 Å². The highest BCUT2D eigenvalue weighted by Crippen LogP contribution is 1.90. The van der Waals surface area contributed by atoms with Crippen LogP contribution in [0.3, 0.4) is 0 Å². The minimum absolute atomic E-state index is 0.931. The van der Waals surface area contributed by atoms with Crippen molar-refractivity contribution in [1.29, 1.82) is 0 Å². The number of nitrogens with zero attached hydrogens (tertiary/aromatic N) is 2. The van der Waals surface area contributed by atoms with E-state index in [-0.39, 0.29) is 0 Å². The molecule has 1 rings (SSSR count). The fraction of sp³-hybridized carbons (Fsp3) is 0.167. The summed E-state index contributed by atoms with van der Waals surface area (Å²) in [7, 11) is 0. The largest absolute Gasteiger partial charge is 0.193 e. The monoisotopic (exact) mass is 105 g/mol. The van der Waals surface area contributed by atoms with Crippen molar-refractivity contribution in [2.45, 2.75) is 6.92 Å². The van der Waals surface area contributed by atoms with Gasteiger partial charge >= 0.3 is 0 Å². The predicted octanol–water partition coefficient (Wildman–Crippen LogP) is 0.587. The van der Waals surface area contributed by atoms with Gasteiger partial charge in [0, 0.05) is 12.5 Å². The number of hydrogen-bond acceptors (Lipinski definition) is 1. The van der Waals surface area contributed by atoms with Gasteiger partial charge in [-0.2, -0.15) is 9.78 Å². The fourth-order valence-electron chi connectivity index (χ4n) is 0.487. The first-order valence-electron chi connectivity index (χ1n) is 2.28. The molecule has 0 unspecified atom stereocenters. The van der Waals surface area contributed by atoms with Gasteiger partial charge in [-0.1, -0.05) is 0 Å². The predicted molar refractivity (Wildman–Crippen MR) is 29.5 cm³/mol. The van der Waals surface area contributed by atoms with Crippen LogP contribution < -0.4 is 0 Å². The van der Waals surface area contributed by atoms with Gasteiger partial charge in [-0.05, 0) is 13.0 Å². The lowest BCUT2D eigenvalue weighted by Gasteiger charge is -1.85. The molecule has 0 bridgehead atoms. The highest BCUT2D eigenvalue weighted by atomic mass is 15.3. The lowest BCUT2D eigenvalue weighted by Crippen LogP contribution is -1.90. The second-order valence-electron chi connectivity index (χ2n) is 1.50. The van der Waals surface area contributed by atoms with Crippen molar-refractivity contribution in [1.82, 2.24) is 9.78 Å². The molecule has 1 aromatic heterocycles. The van der Waals surface area contributed by atoms with E-state index in [0.717, 1.165) is 5.69 Å². The Balaban J connectivity index is 3.15. The fourth-order valence-corrected chi connectivity index (χ4v) is 0.487. The molecule has 0 aliphatic rings. The van der Waals surface area contributed by atoms with Gasteiger partial charge in [-0.25, -0.2) is 0 Å². The molecule has 0 aromatic carbocycles. The summed E-state index contributed by atoms with van der Waals surface area (Å²) in [5.41, 5.74) is 0.931. The van der Waals surface area contributed by atoms with Gasteiger partial charge in [-0.3, -0.25) is 0 Å². The third kappa shape index (κ3) is 0.584. The van der Waals surface area contributed by atoms with Crippen molar-refractivity contribution >= 4 is 0 Å². The van der Waals surface area contributed by atoms with Crippen molar-refractivity contribution in [2.75, 3.05) is 0 Å². The molecular weight excluding hydrogens is 100 g/mol. The van der Waals surface area contributed by atoms with E-state index >= 15 is 0 Å². The summed E-state index contributed by atoms with van der Waals surface area (Å²) >= 11 is 0. The maximum absolute atomic E-state index is 6.65. The SMILES string of the molecule is [C]#Cn1nccc1C. The van der Waals surface area contributed by atoms with Crippen LogP contribution in [0.25, 0.3) is 0 Å². The Kier molecular flexibility index (Phi) is 1.05. The lowest BCUT2D eigenvalue weighted by molar-refractivity contribution is 0.879. The lowest BCUT2D eigenvalue weighted by atomic mass is 10.5. The average Bonchev–Trinajstić information content (AvgIpc) is 2.14. The maximum atomic E-state index is 6.65. The van der Waals surface area contributed by atoms with Gasteiger partial charge in [0.25, 0.3) is 0 Å². The second kappa shape index (κ2) is 1.71. The molecule has 0 spiro atoms. The van der Waals surface area contributed by atoms with Crippen molar-refractivity contribution < 1.29 is 0 Å². The Morgan fingerprint density at radius 3 is 2.88 bits per heavy atom. The first-order chi connectivity index (χ1) is 3.84. The van der Waals surface area contributed by atoms with Crippen LogP contribution in [0.4, 0.5) is 0 Å². The van der Waals surface area contributed by atoms with Crippen LogP contribution in [0.1, 0.15) is 5.69 Å². The molecular formula is C6H5N2. The summed E-state index contributed by atoms with van der Waals surface area (Å²) in [6, 6.07) is 3.95. The van der Waals surface area contributed by atoms with Gasteiger partial charge < -0.3 is 0 Å². The van der Waals surface area contributed by atoms with Crippen molar-refractivity contribution in [3.8, 4) is 6.04 Å². The zero-order valence-electron chi connectivity index (χ0n) is 4.55. The topological polar surface area (TPSA) is 17.8 Å². The first-order valence-corrected chi connectivity index (χ1v) is 2.28. The van der Waals surface area contributed by atoms with Gasteiger partial charge in [0.2, 0.25) is 0 Å². The summed E-state index contributed by atoms with van der Waals surface area (Å²) in [6.07, 6.45) is 8.29. The quantitative estimate of drug-likeness (QED) is 0.441. The van der Waals surface area contributed by atoms with Crippen molar-refractivity contribution in [2.24, 2.45) is 0 Å². The van der Waals surface area contributed by atoms with Gasteiger partial charge in [0.1, 0.15) is 0 Å². The minimum Gasteiger partial charge on any atom is -0.193 e.